The molecule has 0 aliphatic rings. The van der Waals surface area contributed by atoms with Crippen LogP contribution in [0.5, 0.6) is 0 Å². The lowest BCUT2D eigenvalue weighted by Crippen LogP contribution is -2.45. The Kier molecular flexibility index (Phi) is 7.68. The van der Waals surface area contributed by atoms with Gasteiger partial charge in [0, 0.05) is 13.6 Å². The molecule has 112 valence electrons. The molecule has 0 aromatic heterocycles. The second-order valence-electron chi connectivity index (χ2n) is 5.77. The highest BCUT2D eigenvalue weighted by molar-refractivity contribution is 5.98. The van der Waals surface area contributed by atoms with Crippen molar-refractivity contribution >= 4 is 11.9 Å². The number of amides is 1. The first-order valence-electron chi connectivity index (χ1n) is 6.81. The fourth-order valence-corrected chi connectivity index (χ4v) is 1.87. The molecule has 1 atom stereocenters. The average molecular weight is 272 g/mol. The lowest BCUT2D eigenvalue weighted by molar-refractivity contribution is -0.160. The first-order chi connectivity index (χ1) is 8.75. The van der Waals surface area contributed by atoms with Gasteiger partial charge >= 0.3 is 5.97 Å². The van der Waals surface area contributed by atoms with Gasteiger partial charge in [0.15, 0.2) is 0 Å². The van der Waals surface area contributed by atoms with Crippen molar-refractivity contribution in [3.05, 3.63) is 0 Å². The Morgan fingerprint density at radius 2 is 1.89 bits per heavy atom. The van der Waals surface area contributed by atoms with E-state index in [1.807, 2.05) is 27.8 Å². The minimum absolute atomic E-state index is 0.165. The molecule has 0 aliphatic carbocycles. The van der Waals surface area contributed by atoms with Crippen LogP contribution >= 0.6 is 0 Å². The van der Waals surface area contributed by atoms with E-state index in [1.165, 1.54) is 0 Å². The molecule has 1 unspecified atom stereocenters. The minimum atomic E-state index is -0.743. The smallest absolute Gasteiger partial charge is 0.319 e. The highest BCUT2D eigenvalue weighted by Gasteiger charge is 2.40. The molecule has 0 aromatic carbocycles. The van der Waals surface area contributed by atoms with Crippen molar-refractivity contribution in [3.63, 3.8) is 0 Å². The molecule has 0 spiro atoms. The predicted molar refractivity (Wildman–Crippen MR) is 75.8 cm³/mol. The monoisotopic (exact) mass is 272 g/mol. The third-order valence-electron chi connectivity index (χ3n) is 2.93. The molecule has 0 aromatic rings. The molecule has 1 amide bonds. The highest BCUT2D eigenvalue weighted by Crippen LogP contribution is 2.28. The maximum Gasteiger partial charge on any atom is 0.319 e. The summed E-state index contributed by atoms with van der Waals surface area (Å²) in [6, 6.07) is 0. The maximum absolute atomic E-state index is 12.4. The quantitative estimate of drug-likeness (QED) is 0.431. The predicted octanol–water partition coefficient (Wildman–Crippen LogP) is 1.28. The van der Waals surface area contributed by atoms with E-state index in [4.69, 9.17) is 4.74 Å². The Bertz CT molecular complexity index is 298. The molecule has 0 fully saturated rings. The second kappa shape index (κ2) is 8.15. The van der Waals surface area contributed by atoms with Crippen molar-refractivity contribution in [3.8, 4) is 0 Å². The van der Waals surface area contributed by atoms with E-state index in [9.17, 15) is 9.59 Å². The van der Waals surface area contributed by atoms with Crippen LogP contribution in [0.3, 0.4) is 0 Å². The molecule has 0 aliphatic heterocycles. The standard InChI is InChI=1S/C14H28N2O3/c1-7-19-13(18)11(14(2,3)4)12(17)16(6)10-8-9-15-5/h11,15H,7-10H2,1-6H3. The van der Waals surface area contributed by atoms with E-state index < -0.39 is 17.3 Å². The number of ether oxygens (including phenoxy) is 1. The number of nitrogens with one attached hydrogen (secondary N) is 1. The van der Waals surface area contributed by atoms with Crippen LogP contribution in [-0.4, -0.2) is 50.6 Å². The van der Waals surface area contributed by atoms with E-state index in [0.29, 0.717) is 13.2 Å². The van der Waals surface area contributed by atoms with E-state index in [2.05, 4.69) is 5.32 Å². The van der Waals surface area contributed by atoms with Crippen LogP contribution in [0.4, 0.5) is 0 Å². The molecule has 5 heteroatoms. The lowest BCUT2D eigenvalue weighted by Gasteiger charge is -2.31. The van der Waals surface area contributed by atoms with Crippen LogP contribution in [0.25, 0.3) is 0 Å². The number of nitrogens with zero attached hydrogens (tertiary/aromatic N) is 1. The Morgan fingerprint density at radius 3 is 2.32 bits per heavy atom. The highest BCUT2D eigenvalue weighted by atomic mass is 16.5. The van der Waals surface area contributed by atoms with Gasteiger partial charge in [0.1, 0.15) is 5.92 Å². The summed E-state index contributed by atoms with van der Waals surface area (Å²) >= 11 is 0. The van der Waals surface area contributed by atoms with Gasteiger partial charge in [-0.1, -0.05) is 20.8 Å². The lowest BCUT2D eigenvalue weighted by atomic mass is 9.80. The summed E-state index contributed by atoms with van der Waals surface area (Å²) in [5.41, 5.74) is -0.444. The molecule has 5 nitrogen and oxygen atoms in total. The Hall–Kier alpha value is -1.10. The Balaban J connectivity index is 4.77. The fraction of sp³-hybridized carbons (Fsp3) is 0.857. The zero-order valence-corrected chi connectivity index (χ0v) is 13.1. The van der Waals surface area contributed by atoms with Gasteiger partial charge in [0.05, 0.1) is 6.61 Å². The number of rotatable bonds is 7. The first kappa shape index (κ1) is 17.9. The Labute approximate surface area is 116 Å². The molecule has 0 radical (unpaired) electrons. The summed E-state index contributed by atoms with van der Waals surface area (Å²) in [5, 5.41) is 3.03. The number of hydrogen-bond donors (Lipinski definition) is 1. The largest absolute Gasteiger partial charge is 0.465 e. The number of carbonyl (C=O) groups is 2. The van der Waals surface area contributed by atoms with Crippen molar-refractivity contribution in [2.45, 2.75) is 34.1 Å². The van der Waals surface area contributed by atoms with Gasteiger partial charge in [0.25, 0.3) is 0 Å². The summed E-state index contributed by atoms with van der Waals surface area (Å²) in [6.07, 6.45) is 0.860. The molecular weight excluding hydrogens is 244 g/mol. The van der Waals surface area contributed by atoms with Gasteiger partial charge in [-0.2, -0.15) is 0 Å². The van der Waals surface area contributed by atoms with Crippen molar-refractivity contribution in [2.75, 3.05) is 33.8 Å². The molecule has 19 heavy (non-hydrogen) atoms. The molecule has 0 saturated carbocycles. The van der Waals surface area contributed by atoms with Crippen molar-refractivity contribution < 1.29 is 14.3 Å². The minimum Gasteiger partial charge on any atom is -0.465 e. The van der Waals surface area contributed by atoms with Gasteiger partial charge in [0.2, 0.25) is 5.91 Å². The van der Waals surface area contributed by atoms with Crippen LogP contribution in [0.2, 0.25) is 0 Å². The SMILES string of the molecule is CCOC(=O)C(C(=O)N(C)CCCNC)C(C)(C)C. The first-order valence-corrected chi connectivity index (χ1v) is 6.81. The normalized spacial score (nSPS) is 12.9. The zero-order valence-electron chi connectivity index (χ0n) is 13.1. The van der Waals surface area contributed by atoms with Gasteiger partial charge in [-0.25, -0.2) is 0 Å². The average Bonchev–Trinajstić information content (AvgIpc) is 2.27. The number of carbonyl (C=O) groups excluding carboxylic acids is 2. The third kappa shape index (κ3) is 6.05. The van der Waals surface area contributed by atoms with Gasteiger partial charge < -0.3 is 15.0 Å². The summed E-state index contributed by atoms with van der Waals surface area (Å²) in [6.45, 7) is 9.17. The molecule has 0 rings (SSSR count). The van der Waals surface area contributed by atoms with E-state index in [1.54, 1.807) is 18.9 Å². The zero-order chi connectivity index (χ0) is 15.1. The van der Waals surface area contributed by atoms with Crippen LogP contribution in [0.1, 0.15) is 34.1 Å². The number of hydrogen-bond acceptors (Lipinski definition) is 4. The molecule has 1 N–H and O–H groups in total. The fourth-order valence-electron chi connectivity index (χ4n) is 1.87. The summed E-state index contributed by atoms with van der Waals surface area (Å²) in [5.74, 6) is -1.34. The topological polar surface area (TPSA) is 58.6 Å². The van der Waals surface area contributed by atoms with E-state index in [-0.39, 0.29) is 5.91 Å². The van der Waals surface area contributed by atoms with Crippen molar-refractivity contribution in [2.24, 2.45) is 11.3 Å². The van der Waals surface area contributed by atoms with Crippen LogP contribution in [0, 0.1) is 11.3 Å². The van der Waals surface area contributed by atoms with Crippen LogP contribution in [-0.2, 0) is 14.3 Å². The molecular formula is C14H28N2O3. The summed E-state index contributed by atoms with van der Waals surface area (Å²) in [4.78, 5) is 26.0. The van der Waals surface area contributed by atoms with Crippen LogP contribution in [0.15, 0.2) is 0 Å². The Morgan fingerprint density at radius 1 is 1.32 bits per heavy atom. The van der Waals surface area contributed by atoms with Gasteiger partial charge in [-0.3, -0.25) is 9.59 Å². The molecule has 0 heterocycles. The molecule has 0 saturated heterocycles. The summed E-state index contributed by atoms with van der Waals surface area (Å²) in [7, 11) is 3.61. The van der Waals surface area contributed by atoms with E-state index >= 15 is 0 Å². The van der Waals surface area contributed by atoms with Crippen molar-refractivity contribution in [1.82, 2.24) is 10.2 Å². The third-order valence-corrected chi connectivity index (χ3v) is 2.93. The molecule has 0 bridgehead atoms. The number of esters is 1. The van der Waals surface area contributed by atoms with Crippen molar-refractivity contribution in [1.29, 1.82) is 0 Å². The van der Waals surface area contributed by atoms with Crippen LogP contribution < -0.4 is 5.32 Å². The van der Waals surface area contributed by atoms with Gasteiger partial charge in [-0.15, -0.1) is 0 Å². The summed E-state index contributed by atoms with van der Waals surface area (Å²) < 4.78 is 5.03. The maximum atomic E-state index is 12.4. The second-order valence-corrected chi connectivity index (χ2v) is 5.77. The van der Waals surface area contributed by atoms with Gasteiger partial charge in [-0.05, 0) is 32.4 Å². The van der Waals surface area contributed by atoms with E-state index in [0.717, 1.165) is 13.0 Å².